The number of carbonyl (C=O) groups is 1. The summed E-state index contributed by atoms with van der Waals surface area (Å²) in [6.45, 7) is 4.52. The van der Waals surface area contributed by atoms with Gasteiger partial charge in [0.15, 0.2) is 6.10 Å². The van der Waals surface area contributed by atoms with Crippen LogP contribution in [0, 0.1) is 6.92 Å². The summed E-state index contributed by atoms with van der Waals surface area (Å²) in [7, 11) is 3.44. The second-order valence-corrected chi connectivity index (χ2v) is 5.87. The minimum absolute atomic E-state index is 0.0195. The van der Waals surface area contributed by atoms with E-state index in [1.807, 2.05) is 62.4 Å². The number of aryl methyl sites for hydroxylation is 1. The molecule has 0 bridgehead atoms. The lowest BCUT2D eigenvalue weighted by Crippen LogP contribution is -2.39. The van der Waals surface area contributed by atoms with Crippen molar-refractivity contribution in [3.8, 4) is 11.5 Å². The first-order valence-corrected chi connectivity index (χ1v) is 8.14. The number of methoxy groups -OCH3 is 1. The van der Waals surface area contributed by atoms with E-state index in [0.717, 1.165) is 17.1 Å². The number of rotatable bonds is 7. The molecule has 0 heterocycles. The van der Waals surface area contributed by atoms with Gasteiger partial charge >= 0.3 is 0 Å². The molecule has 0 spiro atoms. The Morgan fingerprint density at radius 3 is 2.17 bits per heavy atom. The molecule has 2 aromatic carbocycles. The Hall–Kier alpha value is -2.49. The smallest absolute Gasteiger partial charge is 0.263 e. The predicted octanol–water partition coefficient (Wildman–Crippen LogP) is 3.82. The van der Waals surface area contributed by atoms with E-state index in [0.29, 0.717) is 13.0 Å². The standard InChI is InChI=1S/C20H25NO3/c1-5-19(24-18-10-6-15(2)7-11-18)20(22)21(3)14-16-8-12-17(23-4)13-9-16/h6-13,19H,5,14H2,1-4H3. The van der Waals surface area contributed by atoms with Crippen LogP contribution in [0.1, 0.15) is 24.5 Å². The number of ether oxygens (including phenoxy) is 2. The van der Waals surface area contributed by atoms with E-state index in [1.165, 1.54) is 5.56 Å². The average molecular weight is 327 g/mol. The van der Waals surface area contributed by atoms with Gasteiger partial charge in [-0.2, -0.15) is 0 Å². The first kappa shape index (κ1) is 17.9. The summed E-state index contributed by atoms with van der Waals surface area (Å²) in [4.78, 5) is 14.3. The number of hydrogen-bond donors (Lipinski definition) is 0. The fourth-order valence-electron chi connectivity index (χ4n) is 2.42. The highest BCUT2D eigenvalue weighted by molar-refractivity contribution is 5.81. The summed E-state index contributed by atoms with van der Waals surface area (Å²) in [6.07, 6.45) is 0.149. The molecule has 1 atom stereocenters. The highest BCUT2D eigenvalue weighted by Crippen LogP contribution is 2.17. The molecule has 4 nitrogen and oxygen atoms in total. The lowest BCUT2D eigenvalue weighted by Gasteiger charge is -2.24. The largest absolute Gasteiger partial charge is 0.497 e. The van der Waals surface area contributed by atoms with Gasteiger partial charge in [-0.05, 0) is 43.2 Å². The van der Waals surface area contributed by atoms with Crippen molar-refractivity contribution in [2.24, 2.45) is 0 Å². The number of amides is 1. The number of nitrogens with zero attached hydrogens (tertiary/aromatic N) is 1. The summed E-state index contributed by atoms with van der Waals surface area (Å²) in [5.41, 5.74) is 2.22. The van der Waals surface area contributed by atoms with Gasteiger partial charge in [-0.1, -0.05) is 36.8 Å². The van der Waals surface area contributed by atoms with Crippen molar-refractivity contribution >= 4 is 5.91 Å². The molecule has 0 aromatic heterocycles. The number of hydrogen-bond acceptors (Lipinski definition) is 3. The normalized spacial score (nSPS) is 11.7. The molecule has 128 valence electrons. The summed E-state index contributed by atoms with van der Waals surface area (Å²) in [5.74, 6) is 1.51. The van der Waals surface area contributed by atoms with Gasteiger partial charge in [-0.3, -0.25) is 4.79 Å². The Morgan fingerprint density at radius 1 is 1.04 bits per heavy atom. The lowest BCUT2D eigenvalue weighted by atomic mass is 10.2. The Labute approximate surface area is 144 Å². The van der Waals surface area contributed by atoms with Crippen molar-refractivity contribution in [3.63, 3.8) is 0 Å². The van der Waals surface area contributed by atoms with Gasteiger partial charge in [0, 0.05) is 13.6 Å². The van der Waals surface area contributed by atoms with Crippen LogP contribution in [-0.4, -0.2) is 31.1 Å². The maximum absolute atomic E-state index is 12.6. The zero-order chi connectivity index (χ0) is 17.5. The minimum Gasteiger partial charge on any atom is -0.497 e. The Kier molecular flexibility index (Phi) is 6.24. The van der Waals surface area contributed by atoms with Crippen LogP contribution in [0.5, 0.6) is 11.5 Å². The van der Waals surface area contributed by atoms with E-state index in [-0.39, 0.29) is 5.91 Å². The lowest BCUT2D eigenvalue weighted by molar-refractivity contribution is -0.138. The van der Waals surface area contributed by atoms with E-state index in [1.54, 1.807) is 19.1 Å². The second-order valence-electron chi connectivity index (χ2n) is 5.87. The molecule has 1 amide bonds. The number of benzene rings is 2. The quantitative estimate of drug-likeness (QED) is 0.776. The van der Waals surface area contributed by atoms with Crippen LogP contribution in [0.2, 0.25) is 0 Å². The van der Waals surface area contributed by atoms with Gasteiger partial charge in [0.2, 0.25) is 0 Å². The van der Waals surface area contributed by atoms with Crippen LogP contribution in [0.25, 0.3) is 0 Å². The van der Waals surface area contributed by atoms with Crippen LogP contribution >= 0.6 is 0 Å². The molecular weight excluding hydrogens is 302 g/mol. The topological polar surface area (TPSA) is 38.8 Å². The SMILES string of the molecule is CCC(Oc1ccc(C)cc1)C(=O)N(C)Cc1ccc(OC)cc1. The van der Waals surface area contributed by atoms with Gasteiger partial charge in [-0.15, -0.1) is 0 Å². The average Bonchev–Trinajstić information content (AvgIpc) is 2.61. The highest BCUT2D eigenvalue weighted by Gasteiger charge is 2.22. The predicted molar refractivity (Wildman–Crippen MR) is 95.4 cm³/mol. The van der Waals surface area contributed by atoms with E-state index in [9.17, 15) is 4.79 Å². The van der Waals surface area contributed by atoms with Crippen molar-refractivity contribution in [3.05, 3.63) is 59.7 Å². The van der Waals surface area contributed by atoms with E-state index in [4.69, 9.17) is 9.47 Å². The Balaban J connectivity index is 1.99. The fourth-order valence-corrected chi connectivity index (χ4v) is 2.42. The van der Waals surface area contributed by atoms with Gasteiger partial charge in [0.1, 0.15) is 11.5 Å². The van der Waals surface area contributed by atoms with Crippen molar-refractivity contribution in [1.82, 2.24) is 4.90 Å². The fraction of sp³-hybridized carbons (Fsp3) is 0.350. The molecule has 24 heavy (non-hydrogen) atoms. The molecule has 4 heteroatoms. The second kappa shape index (κ2) is 8.39. The first-order chi connectivity index (χ1) is 11.5. The van der Waals surface area contributed by atoms with Crippen molar-refractivity contribution in [2.45, 2.75) is 32.9 Å². The van der Waals surface area contributed by atoms with Gasteiger partial charge in [0.25, 0.3) is 5.91 Å². The summed E-state index contributed by atoms with van der Waals surface area (Å²) >= 11 is 0. The van der Waals surface area contributed by atoms with Crippen molar-refractivity contribution in [2.75, 3.05) is 14.2 Å². The van der Waals surface area contributed by atoms with Crippen LogP contribution < -0.4 is 9.47 Å². The first-order valence-electron chi connectivity index (χ1n) is 8.14. The van der Waals surface area contributed by atoms with E-state index < -0.39 is 6.10 Å². The highest BCUT2D eigenvalue weighted by atomic mass is 16.5. The number of likely N-dealkylation sites (N-methyl/N-ethyl adjacent to an activating group) is 1. The van der Waals surface area contributed by atoms with Crippen LogP contribution in [0.15, 0.2) is 48.5 Å². The zero-order valence-electron chi connectivity index (χ0n) is 14.8. The molecule has 0 saturated carbocycles. The van der Waals surface area contributed by atoms with Crippen molar-refractivity contribution in [1.29, 1.82) is 0 Å². The minimum atomic E-state index is -0.476. The maximum Gasteiger partial charge on any atom is 0.263 e. The third kappa shape index (κ3) is 4.75. The van der Waals surface area contributed by atoms with Gasteiger partial charge in [0.05, 0.1) is 7.11 Å². The third-order valence-electron chi connectivity index (χ3n) is 3.90. The van der Waals surface area contributed by atoms with Crippen LogP contribution in [0.3, 0.4) is 0 Å². The molecule has 0 radical (unpaired) electrons. The van der Waals surface area contributed by atoms with E-state index in [2.05, 4.69) is 0 Å². The molecular formula is C20H25NO3. The third-order valence-corrected chi connectivity index (χ3v) is 3.90. The number of carbonyl (C=O) groups excluding carboxylic acids is 1. The Morgan fingerprint density at radius 2 is 1.62 bits per heavy atom. The summed E-state index contributed by atoms with van der Waals surface area (Å²) < 4.78 is 11.0. The van der Waals surface area contributed by atoms with Crippen molar-refractivity contribution < 1.29 is 14.3 Å². The van der Waals surface area contributed by atoms with E-state index >= 15 is 0 Å². The Bertz CT molecular complexity index is 650. The van der Waals surface area contributed by atoms with Gasteiger partial charge < -0.3 is 14.4 Å². The molecule has 0 N–H and O–H groups in total. The molecule has 2 aromatic rings. The molecule has 0 aliphatic rings. The zero-order valence-corrected chi connectivity index (χ0v) is 14.8. The molecule has 0 aliphatic heterocycles. The van der Waals surface area contributed by atoms with Crippen LogP contribution in [-0.2, 0) is 11.3 Å². The molecule has 0 aliphatic carbocycles. The summed E-state index contributed by atoms with van der Waals surface area (Å²) in [5, 5.41) is 0. The summed E-state index contributed by atoms with van der Waals surface area (Å²) in [6, 6.07) is 15.5. The molecule has 0 fully saturated rings. The van der Waals surface area contributed by atoms with Gasteiger partial charge in [-0.25, -0.2) is 0 Å². The monoisotopic (exact) mass is 327 g/mol. The molecule has 0 saturated heterocycles. The molecule has 1 unspecified atom stereocenters. The van der Waals surface area contributed by atoms with Crippen LogP contribution in [0.4, 0.5) is 0 Å². The molecule has 2 rings (SSSR count). The maximum atomic E-state index is 12.6.